The smallest absolute Gasteiger partial charge is 0.339 e. The fourth-order valence-electron chi connectivity index (χ4n) is 2.71. The van der Waals surface area contributed by atoms with Crippen molar-refractivity contribution in [3.05, 3.63) is 70.4 Å². The van der Waals surface area contributed by atoms with E-state index in [1.165, 1.54) is 11.8 Å². The van der Waals surface area contributed by atoms with E-state index in [0.29, 0.717) is 17.3 Å². The second-order valence-corrected chi connectivity index (χ2v) is 5.99. The van der Waals surface area contributed by atoms with Crippen LogP contribution in [0.3, 0.4) is 0 Å². The third kappa shape index (κ3) is 4.03. The predicted molar refractivity (Wildman–Crippen MR) is 104 cm³/mol. The van der Waals surface area contributed by atoms with Gasteiger partial charge in [-0.2, -0.15) is 0 Å². The number of hydrogen-bond acceptors (Lipinski definition) is 3. The van der Waals surface area contributed by atoms with E-state index < -0.39 is 5.97 Å². The lowest BCUT2D eigenvalue weighted by atomic mass is 10.1. The zero-order valence-electron chi connectivity index (χ0n) is 13.6. The van der Waals surface area contributed by atoms with Gasteiger partial charge in [-0.25, -0.2) is 4.79 Å². The van der Waals surface area contributed by atoms with Crippen molar-refractivity contribution in [1.29, 1.82) is 0 Å². The van der Waals surface area contributed by atoms with Gasteiger partial charge in [0.05, 0.1) is 11.2 Å². The molecule has 2 N–H and O–H groups in total. The van der Waals surface area contributed by atoms with Gasteiger partial charge in [0.15, 0.2) is 0 Å². The molecule has 0 aliphatic rings. The van der Waals surface area contributed by atoms with Crippen LogP contribution >= 0.6 is 24.0 Å². The molecule has 0 fully saturated rings. The topological polar surface area (TPSA) is 62.2 Å². The van der Waals surface area contributed by atoms with E-state index in [1.54, 1.807) is 6.07 Å². The Kier molecular flexibility index (Phi) is 6.23. The highest BCUT2D eigenvalue weighted by Crippen LogP contribution is 2.31. The summed E-state index contributed by atoms with van der Waals surface area (Å²) in [5, 5.41) is 14.1. The summed E-state index contributed by atoms with van der Waals surface area (Å²) in [6.45, 7) is 2.51. The molecule has 0 aliphatic carbocycles. The molecular weight excluding hydrogens is 359 g/mol. The number of hydrogen-bond donors (Lipinski definition) is 2. The summed E-state index contributed by atoms with van der Waals surface area (Å²) in [4.78, 5) is 15.8. The van der Waals surface area contributed by atoms with Crippen molar-refractivity contribution in [2.75, 3.05) is 11.9 Å². The number of carbonyl (C=O) groups is 1. The first-order chi connectivity index (χ1) is 11.6. The molecule has 0 bridgehead atoms. The molecule has 0 radical (unpaired) electrons. The van der Waals surface area contributed by atoms with Crippen molar-refractivity contribution >= 4 is 46.6 Å². The van der Waals surface area contributed by atoms with Gasteiger partial charge in [0.1, 0.15) is 5.56 Å². The number of nitrogens with one attached hydrogen (secondary N) is 1. The highest BCUT2D eigenvalue weighted by molar-refractivity contribution is 6.32. The SMILES string of the molecule is Cc1c(Cl)ccc2c(NCCc3ccccc3)c(C(=O)O)cnc12.Cl. The summed E-state index contributed by atoms with van der Waals surface area (Å²) in [6, 6.07) is 13.6. The Morgan fingerprint density at radius 3 is 2.60 bits per heavy atom. The van der Waals surface area contributed by atoms with Gasteiger partial charge in [-0.3, -0.25) is 4.98 Å². The molecule has 130 valence electrons. The second-order valence-electron chi connectivity index (χ2n) is 5.58. The van der Waals surface area contributed by atoms with Crippen LogP contribution in [0.15, 0.2) is 48.7 Å². The lowest BCUT2D eigenvalue weighted by molar-refractivity contribution is 0.0697. The molecule has 1 aromatic heterocycles. The van der Waals surface area contributed by atoms with E-state index in [-0.39, 0.29) is 18.0 Å². The molecule has 3 rings (SSSR count). The fraction of sp³-hybridized carbons (Fsp3) is 0.158. The van der Waals surface area contributed by atoms with Crippen molar-refractivity contribution < 1.29 is 9.90 Å². The molecule has 0 saturated heterocycles. The lowest BCUT2D eigenvalue weighted by Crippen LogP contribution is -2.11. The predicted octanol–water partition coefficient (Wildman–Crippen LogP) is 4.97. The summed E-state index contributed by atoms with van der Waals surface area (Å²) < 4.78 is 0. The quantitative estimate of drug-likeness (QED) is 0.659. The highest BCUT2D eigenvalue weighted by Gasteiger charge is 2.16. The number of carboxylic acid groups (broad SMARTS) is 1. The normalized spacial score (nSPS) is 10.3. The van der Waals surface area contributed by atoms with Crippen molar-refractivity contribution in [3.8, 4) is 0 Å². The maximum atomic E-state index is 11.5. The summed E-state index contributed by atoms with van der Waals surface area (Å²) >= 11 is 6.15. The van der Waals surface area contributed by atoms with Crippen molar-refractivity contribution in [2.24, 2.45) is 0 Å². The second kappa shape index (κ2) is 8.19. The highest BCUT2D eigenvalue weighted by atomic mass is 35.5. The lowest BCUT2D eigenvalue weighted by Gasteiger charge is -2.14. The number of halogens is 2. The Bertz CT molecular complexity index is 899. The number of rotatable bonds is 5. The van der Waals surface area contributed by atoms with Gasteiger partial charge in [-0.15, -0.1) is 12.4 Å². The molecule has 6 heteroatoms. The summed E-state index contributed by atoms with van der Waals surface area (Å²) in [5.41, 5.74) is 3.51. The average Bonchev–Trinajstić information content (AvgIpc) is 2.59. The number of carboxylic acids is 1. The number of aromatic carboxylic acids is 1. The van der Waals surface area contributed by atoms with Gasteiger partial charge in [-0.05, 0) is 36.6 Å². The van der Waals surface area contributed by atoms with Crippen molar-refractivity contribution in [1.82, 2.24) is 4.98 Å². The molecule has 0 aliphatic heterocycles. The first-order valence-corrected chi connectivity index (χ1v) is 8.04. The van der Waals surface area contributed by atoms with Crippen LogP contribution in [0.2, 0.25) is 5.02 Å². The van der Waals surface area contributed by atoms with Crippen molar-refractivity contribution in [2.45, 2.75) is 13.3 Å². The molecule has 0 spiro atoms. The van der Waals surface area contributed by atoms with Crippen LogP contribution in [-0.2, 0) is 6.42 Å². The molecule has 0 atom stereocenters. The molecular formula is C19H18Cl2N2O2. The van der Waals surface area contributed by atoms with Gasteiger partial charge in [0.2, 0.25) is 0 Å². The number of aryl methyl sites for hydroxylation is 1. The minimum atomic E-state index is -1.00. The summed E-state index contributed by atoms with van der Waals surface area (Å²) in [7, 11) is 0. The Labute approximate surface area is 157 Å². The van der Waals surface area contributed by atoms with Gasteiger partial charge >= 0.3 is 5.97 Å². The van der Waals surface area contributed by atoms with Crippen LogP contribution in [0.25, 0.3) is 10.9 Å². The molecule has 0 amide bonds. The summed E-state index contributed by atoms with van der Waals surface area (Å²) in [6.07, 6.45) is 2.19. The number of benzene rings is 2. The minimum Gasteiger partial charge on any atom is -0.478 e. The Morgan fingerprint density at radius 1 is 1.20 bits per heavy atom. The zero-order valence-corrected chi connectivity index (χ0v) is 15.2. The summed E-state index contributed by atoms with van der Waals surface area (Å²) in [5.74, 6) is -1.00. The largest absolute Gasteiger partial charge is 0.478 e. The maximum absolute atomic E-state index is 11.5. The van der Waals surface area contributed by atoms with Gasteiger partial charge < -0.3 is 10.4 Å². The molecule has 0 unspecified atom stereocenters. The third-order valence-corrected chi connectivity index (χ3v) is 4.42. The number of aromatic nitrogens is 1. The Morgan fingerprint density at radius 2 is 1.92 bits per heavy atom. The van der Waals surface area contributed by atoms with Crippen LogP contribution in [0, 0.1) is 6.92 Å². The number of pyridine rings is 1. The molecule has 2 aromatic carbocycles. The van der Waals surface area contributed by atoms with E-state index >= 15 is 0 Å². The molecule has 25 heavy (non-hydrogen) atoms. The van der Waals surface area contributed by atoms with Gasteiger partial charge in [0, 0.05) is 23.2 Å². The van der Waals surface area contributed by atoms with Crippen LogP contribution < -0.4 is 5.32 Å². The number of fused-ring (bicyclic) bond motifs is 1. The maximum Gasteiger partial charge on any atom is 0.339 e. The van der Waals surface area contributed by atoms with E-state index in [4.69, 9.17) is 11.6 Å². The van der Waals surface area contributed by atoms with E-state index in [9.17, 15) is 9.90 Å². The Balaban J connectivity index is 0.00000225. The first kappa shape index (κ1) is 19.0. The average molecular weight is 377 g/mol. The number of anilines is 1. The molecule has 1 heterocycles. The number of nitrogens with zero attached hydrogens (tertiary/aromatic N) is 1. The standard InChI is InChI=1S/C19H17ClN2O2.ClH/c1-12-16(20)8-7-14-17(12)22-11-15(19(23)24)18(14)21-10-9-13-5-3-2-4-6-13;/h2-8,11H,9-10H2,1H3,(H,21,22)(H,23,24);1H. The molecule has 3 aromatic rings. The molecule has 4 nitrogen and oxygen atoms in total. The van der Waals surface area contributed by atoms with Crippen LogP contribution in [0.5, 0.6) is 0 Å². The monoisotopic (exact) mass is 376 g/mol. The van der Waals surface area contributed by atoms with E-state index in [2.05, 4.69) is 10.3 Å². The van der Waals surface area contributed by atoms with Crippen molar-refractivity contribution in [3.63, 3.8) is 0 Å². The minimum absolute atomic E-state index is 0. The van der Waals surface area contributed by atoms with E-state index in [1.807, 2.05) is 43.3 Å². The third-order valence-electron chi connectivity index (χ3n) is 4.02. The fourth-order valence-corrected chi connectivity index (χ4v) is 2.86. The zero-order chi connectivity index (χ0) is 17.1. The van der Waals surface area contributed by atoms with E-state index in [0.717, 1.165) is 22.9 Å². The van der Waals surface area contributed by atoms with Gasteiger partial charge in [-0.1, -0.05) is 41.9 Å². The molecule has 0 saturated carbocycles. The Hall–Kier alpha value is -2.30. The van der Waals surface area contributed by atoms with Crippen LogP contribution in [0.4, 0.5) is 5.69 Å². The first-order valence-electron chi connectivity index (χ1n) is 7.67. The van der Waals surface area contributed by atoms with Crippen LogP contribution in [0.1, 0.15) is 21.5 Å². The van der Waals surface area contributed by atoms with Gasteiger partial charge in [0.25, 0.3) is 0 Å². The van der Waals surface area contributed by atoms with Crippen LogP contribution in [-0.4, -0.2) is 22.6 Å².